The van der Waals surface area contributed by atoms with Crippen LogP contribution in [0.4, 0.5) is 8.78 Å². The molecule has 24 heavy (non-hydrogen) atoms. The van der Waals surface area contributed by atoms with Crippen molar-refractivity contribution in [3.05, 3.63) is 63.8 Å². The molecule has 0 saturated carbocycles. The van der Waals surface area contributed by atoms with E-state index in [0.717, 1.165) is 0 Å². The third-order valence-corrected chi connectivity index (χ3v) is 4.42. The highest BCUT2D eigenvalue weighted by Crippen LogP contribution is 2.40. The highest BCUT2D eigenvalue weighted by atomic mass is 35.5. The first kappa shape index (κ1) is 16.5. The fraction of sp³-hybridized carbons (Fsp3) is 0.167. The van der Waals surface area contributed by atoms with Gasteiger partial charge in [0.2, 0.25) is 0 Å². The summed E-state index contributed by atoms with van der Waals surface area (Å²) in [5.74, 6) is -1.67. The predicted octanol–water partition coefficient (Wildman–Crippen LogP) is 4.17. The molecule has 3 N–H and O–H groups in total. The molecule has 0 fully saturated rings. The van der Waals surface area contributed by atoms with E-state index in [0.29, 0.717) is 22.3 Å². The van der Waals surface area contributed by atoms with E-state index >= 15 is 0 Å². The number of nitrogens with two attached hydrogens (primary N) is 1. The fourth-order valence-corrected chi connectivity index (χ4v) is 3.27. The van der Waals surface area contributed by atoms with Crippen LogP contribution in [0.1, 0.15) is 31.0 Å². The minimum Gasteiger partial charge on any atom is -0.374 e. The molecule has 0 saturated heterocycles. The van der Waals surface area contributed by atoms with Crippen LogP contribution >= 0.6 is 11.6 Å². The largest absolute Gasteiger partial charge is 0.374 e. The van der Waals surface area contributed by atoms with Crippen LogP contribution in [0.15, 0.2) is 36.0 Å². The van der Waals surface area contributed by atoms with Crippen LogP contribution in [0.25, 0.3) is 16.7 Å². The molecule has 124 valence electrons. The van der Waals surface area contributed by atoms with E-state index in [9.17, 15) is 13.6 Å². The lowest BCUT2D eigenvalue weighted by Gasteiger charge is -2.29. The van der Waals surface area contributed by atoms with E-state index in [1.807, 2.05) is 6.92 Å². The Bertz CT molecular complexity index is 893. The van der Waals surface area contributed by atoms with Gasteiger partial charge in [-0.25, -0.2) is 8.78 Å². The Morgan fingerprint density at radius 3 is 2.46 bits per heavy atom. The second-order valence-corrected chi connectivity index (χ2v) is 6.21. The van der Waals surface area contributed by atoms with E-state index in [2.05, 4.69) is 5.32 Å². The van der Waals surface area contributed by atoms with Crippen molar-refractivity contribution in [2.45, 2.75) is 19.9 Å². The summed E-state index contributed by atoms with van der Waals surface area (Å²) in [5, 5.41) is 3.28. The number of amides is 1. The molecule has 1 amide bonds. The molecular weight excluding hydrogens is 334 g/mol. The first-order valence-corrected chi connectivity index (χ1v) is 7.74. The van der Waals surface area contributed by atoms with Crippen molar-refractivity contribution in [2.75, 3.05) is 0 Å². The number of primary amides is 1. The zero-order chi connectivity index (χ0) is 17.6. The van der Waals surface area contributed by atoms with Crippen LogP contribution in [-0.4, -0.2) is 5.91 Å². The number of nitrogens with one attached hydrogen (secondary N) is 1. The van der Waals surface area contributed by atoms with Gasteiger partial charge < -0.3 is 11.1 Å². The average Bonchev–Trinajstić information content (AvgIpc) is 2.49. The molecule has 1 atom stereocenters. The summed E-state index contributed by atoms with van der Waals surface area (Å²) in [6.07, 6.45) is 0. The molecule has 1 unspecified atom stereocenters. The second kappa shape index (κ2) is 5.91. The van der Waals surface area contributed by atoms with Crippen molar-refractivity contribution >= 4 is 23.1 Å². The number of benzene rings is 2. The van der Waals surface area contributed by atoms with Crippen molar-refractivity contribution in [3.63, 3.8) is 0 Å². The number of allylic oxidation sites excluding steroid dienone is 1. The zero-order valence-electron chi connectivity index (χ0n) is 13.1. The lowest BCUT2D eigenvalue weighted by molar-refractivity contribution is -0.115. The van der Waals surface area contributed by atoms with E-state index in [1.54, 1.807) is 13.0 Å². The molecule has 3 nitrogen and oxygen atoms in total. The predicted molar refractivity (Wildman–Crippen MR) is 90.1 cm³/mol. The molecular formula is C18H15ClF2N2O. The Kier molecular flexibility index (Phi) is 4.05. The molecule has 6 heteroatoms. The van der Waals surface area contributed by atoms with Gasteiger partial charge in [-0.15, -0.1) is 0 Å². The van der Waals surface area contributed by atoms with Gasteiger partial charge in [-0.2, -0.15) is 0 Å². The van der Waals surface area contributed by atoms with Crippen LogP contribution in [0.3, 0.4) is 0 Å². The summed E-state index contributed by atoms with van der Waals surface area (Å²) in [5.41, 5.74) is 8.07. The number of carbonyl (C=O) groups is 1. The summed E-state index contributed by atoms with van der Waals surface area (Å²) in [7, 11) is 0. The van der Waals surface area contributed by atoms with Gasteiger partial charge in [-0.05, 0) is 66.4 Å². The molecule has 1 aliphatic heterocycles. The molecule has 0 radical (unpaired) electrons. The average molecular weight is 349 g/mol. The first-order chi connectivity index (χ1) is 11.3. The topological polar surface area (TPSA) is 55.1 Å². The maximum absolute atomic E-state index is 14.4. The first-order valence-electron chi connectivity index (χ1n) is 7.36. The Labute approximate surface area is 143 Å². The molecule has 0 aliphatic carbocycles. The van der Waals surface area contributed by atoms with Gasteiger partial charge in [0, 0.05) is 16.6 Å². The highest BCUT2D eigenvalue weighted by Gasteiger charge is 2.28. The van der Waals surface area contributed by atoms with Crippen molar-refractivity contribution in [1.82, 2.24) is 5.32 Å². The van der Waals surface area contributed by atoms with Gasteiger partial charge >= 0.3 is 0 Å². The van der Waals surface area contributed by atoms with E-state index < -0.39 is 17.5 Å². The van der Waals surface area contributed by atoms with E-state index in [4.69, 9.17) is 17.3 Å². The minimum atomic E-state index is -0.617. The van der Waals surface area contributed by atoms with Gasteiger partial charge in [-0.3, -0.25) is 4.79 Å². The van der Waals surface area contributed by atoms with Crippen LogP contribution in [0.5, 0.6) is 0 Å². The van der Waals surface area contributed by atoms with Gasteiger partial charge in [0.1, 0.15) is 17.3 Å². The Morgan fingerprint density at radius 2 is 1.83 bits per heavy atom. The molecule has 3 rings (SSSR count). The quantitative estimate of drug-likeness (QED) is 0.856. The zero-order valence-corrected chi connectivity index (χ0v) is 13.8. The highest BCUT2D eigenvalue weighted by molar-refractivity contribution is 6.30. The Hall–Kier alpha value is -2.40. The van der Waals surface area contributed by atoms with Gasteiger partial charge in [0.05, 0.1) is 0 Å². The van der Waals surface area contributed by atoms with Crippen LogP contribution in [-0.2, 0) is 4.79 Å². The summed E-state index contributed by atoms with van der Waals surface area (Å²) in [6.45, 7) is 3.49. The fourth-order valence-electron chi connectivity index (χ4n) is 3.11. The number of carbonyl (C=O) groups excluding carboxylic acids is 1. The summed E-state index contributed by atoms with van der Waals surface area (Å²) in [4.78, 5) is 11.6. The molecule has 0 bridgehead atoms. The number of halogens is 3. The molecule has 1 heterocycles. The molecule has 2 aromatic carbocycles. The third-order valence-electron chi connectivity index (χ3n) is 4.19. The van der Waals surface area contributed by atoms with Crippen molar-refractivity contribution < 1.29 is 13.6 Å². The molecule has 1 aliphatic rings. The summed E-state index contributed by atoms with van der Waals surface area (Å²) < 4.78 is 28.5. The number of hydrogen-bond donors (Lipinski definition) is 2. The Balaban J connectivity index is 2.32. The maximum atomic E-state index is 14.4. The van der Waals surface area contributed by atoms with Crippen LogP contribution < -0.4 is 11.1 Å². The lowest BCUT2D eigenvalue weighted by atomic mass is 9.85. The smallest absolute Gasteiger partial charge is 0.265 e. The van der Waals surface area contributed by atoms with Gasteiger partial charge in [0.15, 0.2) is 0 Å². The summed E-state index contributed by atoms with van der Waals surface area (Å²) >= 11 is 5.80. The summed E-state index contributed by atoms with van der Waals surface area (Å²) in [6, 6.07) is 6.54. The van der Waals surface area contributed by atoms with Crippen LogP contribution in [0.2, 0.25) is 5.02 Å². The maximum Gasteiger partial charge on any atom is 0.265 e. The SMILES string of the molecule is CC1=C(C(N)=O)NC(C)c2c1cc(F)cc2-c1ccc(Cl)cc1F. The monoisotopic (exact) mass is 348 g/mol. The lowest BCUT2D eigenvalue weighted by Crippen LogP contribution is -2.33. The van der Waals surface area contributed by atoms with Crippen molar-refractivity contribution in [3.8, 4) is 11.1 Å². The van der Waals surface area contributed by atoms with Gasteiger partial charge in [0.25, 0.3) is 5.91 Å². The number of rotatable bonds is 2. The standard InChI is InChI=1S/C18H15ClF2N2O/c1-8-13-6-11(20)7-14(12-4-3-10(19)5-15(12)21)16(13)9(2)23-17(8)18(22)24/h3-7,9,23H,1-2H3,(H2,22,24). The van der Waals surface area contributed by atoms with Crippen LogP contribution in [0, 0.1) is 11.6 Å². The normalized spacial score (nSPS) is 16.6. The number of hydrogen-bond acceptors (Lipinski definition) is 2. The van der Waals surface area contributed by atoms with Crippen molar-refractivity contribution in [2.24, 2.45) is 5.73 Å². The number of fused-ring (bicyclic) bond motifs is 1. The van der Waals surface area contributed by atoms with Crippen molar-refractivity contribution in [1.29, 1.82) is 0 Å². The third kappa shape index (κ3) is 2.65. The van der Waals surface area contributed by atoms with Gasteiger partial charge in [-0.1, -0.05) is 11.6 Å². The Morgan fingerprint density at radius 1 is 1.17 bits per heavy atom. The minimum absolute atomic E-state index is 0.239. The van der Waals surface area contributed by atoms with E-state index in [1.165, 1.54) is 24.3 Å². The second-order valence-electron chi connectivity index (χ2n) is 5.77. The molecule has 0 spiro atoms. The van der Waals surface area contributed by atoms with E-state index in [-0.39, 0.29) is 22.3 Å². The molecule has 2 aromatic rings. The molecule has 0 aromatic heterocycles.